The second kappa shape index (κ2) is 14.4. The maximum atomic E-state index is 13.3. The molecule has 0 radical (unpaired) electrons. The van der Waals surface area contributed by atoms with Gasteiger partial charge in [0.05, 0.1) is 36.3 Å². The summed E-state index contributed by atoms with van der Waals surface area (Å²) in [6, 6.07) is 21.3. The highest BCUT2D eigenvalue weighted by Gasteiger charge is 2.51. The molecule has 1 fully saturated rings. The number of amides is 2. The van der Waals surface area contributed by atoms with E-state index in [1.165, 1.54) is 0 Å². The van der Waals surface area contributed by atoms with Crippen LogP contribution in [0.25, 0.3) is 11.1 Å². The van der Waals surface area contributed by atoms with Gasteiger partial charge in [-0.15, -0.1) is 4.36 Å². The van der Waals surface area contributed by atoms with Crippen molar-refractivity contribution in [1.29, 1.82) is 0 Å². The van der Waals surface area contributed by atoms with Gasteiger partial charge in [-0.25, -0.2) is 14.0 Å². The number of thiol groups is 1. The van der Waals surface area contributed by atoms with Crippen LogP contribution in [0.2, 0.25) is 0 Å². The van der Waals surface area contributed by atoms with Crippen LogP contribution < -0.4 is 20.7 Å². The number of aliphatic hydroxyl groups excluding tert-OH is 1. The molecule has 13 heteroatoms. The van der Waals surface area contributed by atoms with Crippen LogP contribution in [0.3, 0.4) is 0 Å². The largest absolute Gasteiger partial charge is 0.497 e. The molecule has 4 N–H and O–H groups in total. The summed E-state index contributed by atoms with van der Waals surface area (Å²) in [7, 11) is -0.677. The third-order valence-corrected chi connectivity index (χ3v) is 8.58. The monoisotopic (exact) mass is 644 g/mol. The Labute approximate surface area is 268 Å². The van der Waals surface area contributed by atoms with Gasteiger partial charge in [0.1, 0.15) is 11.6 Å². The summed E-state index contributed by atoms with van der Waals surface area (Å²) in [5.41, 5.74) is 3.19. The molecule has 46 heavy (non-hydrogen) atoms. The van der Waals surface area contributed by atoms with Gasteiger partial charge < -0.3 is 30.5 Å². The Morgan fingerprint density at radius 1 is 1.07 bits per heavy atom. The molecule has 2 unspecified atom stereocenters. The minimum absolute atomic E-state index is 0.0559. The van der Waals surface area contributed by atoms with Crippen LogP contribution in [0.5, 0.6) is 5.75 Å². The zero-order valence-corrected chi connectivity index (χ0v) is 26.6. The zero-order valence-electron chi connectivity index (χ0n) is 25.7. The summed E-state index contributed by atoms with van der Waals surface area (Å²) in [5, 5.41) is 19.1. The minimum atomic E-state index is -2.29. The lowest BCUT2D eigenvalue weighted by molar-refractivity contribution is -0.118. The van der Waals surface area contributed by atoms with Crippen molar-refractivity contribution in [2.24, 2.45) is 4.36 Å². The maximum Gasteiger partial charge on any atom is 0.441 e. The van der Waals surface area contributed by atoms with Crippen molar-refractivity contribution in [1.82, 2.24) is 9.97 Å². The Morgan fingerprint density at radius 2 is 1.78 bits per heavy atom. The fraction of sp³-hybridized carbons (Fsp3) is 0.273. The number of nitrogens with one attached hydrogen (secondary N) is 3. The lowest BCUT2D eigenvalue weighted by Crippen LogP contribution is -2.27. The molecule has 4 aromatic rings. The maximum absolute atomic E-state index is 13.3. The first kappa shape index (κ1) is 32.4. The zero-order chi connectivity index (χ0) is 32.7. The van der Waals surface area contributed by atoms with Gasteiger partial charge in [-0.05, 0) is 86.3 Å². The van der Waals surface area contributed by atoms with Gasteiger partial charge in [0, 0.05) is 34.1 Å². The van der Waals surface area contributed by atoms with Gasteiger partial charge >= 0.3 is 6.09 Å². The first-order valence-corrected chi connectivity index (χ1v) is 16.0. The van der Waals surface area contributed by atoms with E-state index in [0.29, 0.717) is 33.6 Å². The topological polar surface area (TPSA) is 164 Å². The number of carbonyl (C=O) groups excluding carboxylic acids is 2. The van der Waals surface area contributed by atoms with Crippen molar-refractivity contribution in [3.63, 3.8) is 0 Å². The number of ether oxygens (including phenoxy) is 2. The molecular formula is C33H36N6O6S. The molecule has 3 aromatic carbocycles. The predicted octanol–water partition coefficient (Wildman–Crippen LogP) is 5.54. The van der Waals surface area contributed by atoms with Crippen molar-refractivity contribution in [3.8, 4) is 16.9 Å². The minimum Gasteiger partial charge on any atom is -0.497 e. The van der Waals surface area contributed by atoms with E-state index in [1.807, 2.05) is 55.5 Å². The highest BCUT2D eigenvalue weighted by atomic mass is 32.2. The van der Waals surface area contributed by atoms with E-state index in [1.54, 1.807) is 44.5 Å². The van der Waals surface area contributed by atoms with E-state index in [0.717, 1.165) is 29.7 Å². The van der Waals surface area contributed by atoms with E-state index in [-0.39, 0.29) is 25.2 Å². The van der Waals surface area contributed by atoms with Gasteiger partial charge in [0.2, 0.25) is 11.9 Å². The second-order valence-electron chi connectivity index (χ2n) is 10.8. The van der Waals surface area contributed by atoms with E-state index in [4.69, 9.17) is 9.47 Å². The molecule has 5 rings (SSSR count). The summed E-state index contributed by atoms with van der Waals surface area (Å²) < 4.78 is 25.9. The van der Waals surface area contributed by atoms with Gasteiger partial charge in [-0.1, -0.05) is 24.3 Å². The lowest BCUT2D eigenvalue weighted by Gasteiger charge is -2.18. The van der Waals surface area contributed by atoms with Crippen molar-refractivity contribution in [2.45, 2.75) is 43.0 Å². The number of carbonyl (C=O) groups is 2. The van der Waals surface area contributed by atoms with Crippen molar-refractivity contribution in [2.75, 3.05) is 36.3 Å². The average Bonchev–Trinajstić information content (AvgIpc) is 3.88. The molecule has 1 saturated carbocycles. The van der Waals surface area contributed by atoms with Crippen molar-refractivity contribution >= 4 is 45.7 Å². The Hall–Kier alpha value is -5.01. The lowest BCUT2D eigenvalue weighted by atomic mass is 9.94. The van der Waals surface area contributed by atoms with Crippen LogP contribution in [-0.2, 0) is 25.5 Å². The summed E-state index contributed by atoms with van der Waals surface area (Å²) in [6.45, 7) is 3.52. The number of anilines is 4. The van der Waals surface area contributed by atoms with Gasteiger partial charge in [0.15, 0.2) is 0 Å². The normalized spacial score (nSPS) is 14.5. The molecule has 2 atom stereocenters. The van der Waals surface area contributed by atoms with E-state index in [9.17, 15) is 18.9 Å². The van der Waals surface area contributed by atoms with Crippen LogP contribution >= 0.6 is 0 Å². The molecule has 240 valence electrons. The number of aromatic nitrogens is 2. The molecule has 0 aliphatic heterocycles. The molecule has 0 saturated heterocycles. The number of aliphatic hydroxyl groups is 1. The Balaban J connectivity index is 1.31. The average molecular weight is 645 g/mol. The standard InChI is InChI=1S/C33H36N6O6S/c1-4-45-32(42)39-46(43)27-14-12-25(13-15-27)37-31-34-19-28(29(38-31)35-21(2)20-40)22-8-10-24(11-9-22)36-30(41)33(16-17-33)23-6-5-7-26(18-23)44-3/h5-15,18-19,21,40,46H,4,16-17,20H2,1-3H3,(H,36,41)(H2,34,35,37,38). The van der Waals surface area contributed by atoms with Gasteiger partial charge in [-0.3, -0.25) is 4.79 Å². The van der Waals surface area contributed by atoms with Crippen molar-refractivity contribution in [3.05, 3.63) is 84.6 Å². The van der Waals surface area contributed by atoms with Crippen LogP contribution in [0.15, 0.2) is 88.3 Å². The molecule has 1 heterocycles. The number of hydrogen-bond donors (Lipinski definition) is 5. The highest BCUT2D eigenvalue weighted by molar-refractivity contribution is 7.75. The molecule has 0 bridgehead atoms. The van der Waals surface area contributed by atoms with Gasteiger partial charge in [-0.2, -0.15) is 4.98 Å². The first-order valence-electron chi connectivity index (χ1n) is 14.8. The van der Waals surface area contributed by atoms with Crippen LogP contribution in [0, 0.1) is 0 Å². The number of nitrogens with zero attached hydrogens (tertiary/aromatic N) is 3. The summed E-state index contributed by atoms with van der Waals surface area (Å²) in [5.74, 6) is 1.46. The molecule has 1 aromatic heterocycles. The van der Waals surface area contributed by atoms with Crippen molar-refractivity contribution < 1.29 is 28.4 Å². The van der Waals surface area contributed by atoms with E-state index < -0.39 is 22.1 Å². The molecular weight excluding hydrogens is 608 g/mol. The smallest absolute Gasteiger partial charge is 0.441 e. The Bertz CT molecular complexity index is 1790. The highest BCUT2D eigenvalue weighted by Crippen LogP contribution is 2.49. The number of methoxy groups -OCH3 is 1. The second-order valence-corrected chi connectivity index (χ2v) is 12.0. The van der Waals surface area contributed by atoms with E-state index >= 15 is 0 Å². The third-order valence-electron chi connectivity index (χ3n) is 7.49. The predicted molar refractivity (Wildman–Crippen MR) is 177 cm³/mol. The fourth-order valence-electron chi connectivity index (χ4n) is 4.80. The van der Waals surface area contributed by atoms with Crippen LogP contribution in [0.1, 0.15) is 32.3 Å². The third kappa shape index (κ3) is 7.61. The Kier molecular flexibility index (Phi) is 10.1. The quantitative estimate of drug-likeness (QED) is 0.124. The van der Waals surface area contributed by atoms with Crippen LogP contribution in [0.4, 0.5) is 27.9 Å². The Morgan fingerprint density at radius 3 is 2.43 bits per heavy atom. The molecule has 1 aliphatic rings. The molecule has 2 amide bonds. The number of hydrogen-bond acceptors (Lipinski definition) is 10. The number of benzene rings is 3. The molecule has 1 aliphatic carbocycles. The summed E-state index contributed by atoms with van der Waals surface area (Å²) in [4.78, 5) is 34.3. The fourth-order valence-corrected chi connectivity index (χ4v) is 5.53. The molecule has 0 spiro atoms. The summed E-state index contributed by atoms with van der Waals surface area (Å²) >= 11 is 0. The van der Waals surface area contributed by atoms with Gasteiger partial charge in [0.25, 0.3) is 0 Å². The molecule has 12 nitrogen and oxygen atoms in total. The SMILES string of the molecule is CCOC(=O)N=[SH](=O)c1ccc(Nc2ncc(-c3ccc(NC(=O)C4(c5cccc(OC)c5)CC4)cc3)c(NC(C)CO)n2)cc1. The summed E-state index contributed by atoms with van der Waals surface area (Å²) in [6.07, 6.45) is 2.35. The first-order chi connectivity index (χ1) is 22.2. The number of rotatable bonds is 12. The van der Waals surface area contributed by atoms with Crippen LogP contribution in [-0.4, -0.2) is 57.6 Å². The van der Waals surface area contributed by atoms with E-state index in [2.05, 4.69) is 30.3 Å².